The van der Waals surface area contributed by atoms with Crippen molar-refractivity contribution in [1.29, 1.82) is 0 Å². The van der Waals surface area contributed by atoms with Crippen LogP contribution in [0, 0.1) is 0 Å². The molecule has 0 saturated carbocycles. The molecule has 0 bridgehead atoms. The van der Waals surface area contributed by atoms with Gasteiger partial charge in [0.25, 0.3) is 0 Å². The van der Waals surface area contributed by atoms with Crippen molar-refractivity contribution in [2.75, 3.05) is 0 Å². The quantitative estimate of drug-likeness (QED) is 0.174. The molecule has 0 aliphatic rings. The van der Waals surface area contributed by atoms with Crippen LogP contribution in [-0.2, 0) is 0 Å². The first kappa shape index (κ1) is 34.5. The fraction of sp³-hybridized carbons (Fsp3) is 0. The topological polar surface area (TPSA) is 65.0 Å². The monoisotopic (exact) mass is 791 g/mol. The second-order valence-electron chi connectivity index (χ2n) is 15.9. The summed E-state index contributed by atoms with van der Waals surface area (Å²) < 4.78 is 13.1. The van der Waals surface area contributed by atoms with Crippen LogP contribution in [0.15, 0.2) is 209 Å². The number of hydrogen-bond donors (Lipinski definition) is 0. The van der Waals surface area contributed by atoms with Crippen LogP contribution in [0.1, 0.15) is 0 Å². The molecule has 0 saturated heterocycles. The molecule has 10 aromatic carbocycles. The SMILES string of the molecule is c1ccc2cc(-c3ccc4oc5cccc(-c6ccc(-c7nc(-c8ccc9ccccc9c8)nc(-c8cccc9c8oc8ccccc89)n7)c7ccccc67)c5c4c3)ccc2c1. The molecular weight excluding hydrogens is 759 g/mol. The van der Waals surface area contributed by atoms with Crippen molar-refractivity contribution >= 4 is 76.2 Å². The van der Waals surface area contributed by atoms with Crippen LogP contribution in [0.2, 0.25) is 0 Å². The van der Waals surface area contributed by atoms with Gasteiger partial charge in [-0.25, -0.2) is 15.0 Å². The predicted molar refractivity (Wildman–Crippen MR) is 254 cm³/mol. The fourth-order valence-corrected chi connectivity index (χ4v) is 9.33. The smallest absolute Gasteiger partial charge is 0.167 e. The van der Waals surface area contributed by atoms with Gasteiger partial charge < -0.3 is 8.83 Å². The largest absolute Gasteiger partial charge is 0.456 e. The minimum Gasteiger partial charge on any atom is -0.456 e. The molecule has 5 nitrogen and oxygen atoms in total. The summed E-state index contributed by atoms with van der Waals surface area (Å²) in [4.78, 5) is 15.7. The van der Waals surface area contributed by atoms with E-state index in [2.05, 4.69) is 170 Å². The van der Waals surface area contributed by atoms with Gasteiger partial charge in [0, 0.05) is 32.7 Å². The van der Waals surface area contributed by atoms with Gasteiger partial charge in [-0.05, 0) is 103 Å². The molecule has 13 rings (SSSR count). The van der Waals surface area contributed by atoms with Gasteiger partial charge in [0.15, 0.2) is 17.5 Å². The lowest BCUT2D eigenvalue weighted by molar-refractivity contribution is 0.669. The first-order valence-electron chi connectivity index (χ1n) is 20.8. The van der Waals surface area contributed by atoms with E-state index < -0.39 is 0 Å². The predicted octanol–water partition coefficient (Wildman–Crippen LogP) is 15.5. The van der Waals surface area contributed by atoms with Gasteiger partial charge in [-0.3, -0.25) is 0 Å². The summed E-state index contributed by atoms with van der Waals surface area (Å²) in [6.07, 6.45) is 0. The molecule has 0 fully saturated rings. The second kappa shape index (κ2) is 13.6. The van der Waals surface area contributed by atoms with E-state index in [1.807, 2.05) is 30.3 Å². The van der Waals surface area contributed by atoms with Crippen molar-refractivity contribution in [3.05, 3.63) is 200 Å². The van der Waals surface area contributed by atoms with Crippen LogP contribution in [0.3, 0.4) is 0 Å². The van der Waals surface area contributed by atoms with Gasteiger partial charge in [0.05, 0.1) is 5.56 Å². The Bertz CT molecular complexity index is 3950. The van der Waals surface area contributed by atoms with Crippen molar-refractivity contribution in [3.8, 4) is 56.4 Å². The van der Waals surface area contributed by atoms with E-state index in [4.69, 9.17) is 23.8 Å². The Kier molecular flexibility index (Phi) is 7.54. The summed E-state index contributed by atoms with van der Waals surface area (Å²) in [6.45, 7) is 0. The Labute approximate surface area is 355 Å². The summed E-state index contributed by atoms with van der Waals surface area (Å²) in [5.41, 5.74) is 10.4. The minimum absolute atomic E-state index is 0.549. The van der Waals surface area contributed by atoms with E-state index in [-0.39, 0.29) is 0 Å². The zero-order chi connectivity index (χ0) is 40.7. The molecule has 62 heavy (non-hydrogen) atoms. The molecule has 5 heteroatoms. The average molecular weight is 792 g/mol. The Morgan fingerprint density at radius 3 is 1.61 bits per heavy atom. The van der Waals surface area contributed by atoms with Crippen LogP contribution in [0.5, 0.6) is 0 Å². The Balaban J connectivity index is 1.01. The van der Waals surface area contributed by atoms with Crippen LogP contribution in [0.25, 0.3) is 133 Å². The number of rotatable bonds is 5. The second-order valence-corrected chi connectivity index (χ2v) is 15.9. The van der Waals surface area contributed by atoms with Crippen molar-refractivity contribution < 1.29 is 8.83 Å². The van der Waals surface area contributed by atoms with Crippen molar-refractivity contribution in [2.24, 2.45) is 0 Å². The zero-order valence-electron chi connectivity index (χ0n) is 33.2. The Hall–Kier alpha value is -8.41. The third-order valence-electron chi connectivity index (χ3n) is 12.3. The van der Waals surface area contributed by atoms with Crippen LogP contribution < -0.4 is 0 Å². The third-order valence-corrected chi connectivity index (χ3v) is 12.3. The molecule has 3 heterocycles. The maximum Gasteiger partial charge on any atom is 0.167 e. The molecule has 0 aliphatic carbocycles. The average Bonchev–Trinajstić information content (AvgIpc) is 3.92. The molecule has 0 spiro atoms. The third kappa shape index (κ3) is 5.45. The highest BCUT2D eigenvalue weighted by atomic mass is 16.3. The normalized spacial score (nSPS) is 11.9. The molecule has 0 N–H and O–H groups in total. The number of para-hydroxylation sites is 2. The molecule has 3 aromatic heterocycles. The van der Waals surface area contributed by atoms with Crippen molar-refractivity contribution in [2.45, 2.75) is 0 Å². The van der Waals surface area contributed by atoms with E-state index in [1.54, 1.807) is 0 Å². The van der Waals surface area contributed by atoms with Gasteiger partial charge in [-0.1, -0.05) is 152 Å². The summed E-state index contributed by atoms with van der Waals surface area (Å²) in [6, 6.07) is 70.0. The number of benzene rings is 10. The summed E-state index contributed by atoms with van der Waals surface area (Å²) >= 11 is 0. The lowest BCUT2D eigenvalue weighted by Gasteiger charge is -2.14. The highest BCUT2D eigenvalue weighted by Gasteiger charge is 2.21. The fourth-order valence-electron chi connectivity index (χ4n) is 9.33. The van der Waals surface area contributed by atoms with E-state index in [0.29, 0.717) is 17.5 Å². The summed E-state index contributed by atoms with van der Waals surface area (Å²) in [7, 11) is 0. The van der Waals surface area contributed by atoms with Gasteiger partial charge in [-0.15, -0.1) is 0 Å². The van der Waals surface area contributed by atoms with Crippen molar-refractivity contribution in [3.63, 3.8) is 0 Å². The first-order chi connectivity index (χ1) is 30.7. The van der Waals surface area contributed by atoms with Crippen molar-refractivity contribution in [1.82, 2.24) is 15.0 Å². The van der Waals surface area contributed by atoms with E-state index in [9.17, 15) is 0 Å². The standard InChI is InChI=1S/C57H33N3O2/c1-3-13-36-31-38(25-23-34(36)11-1)39-27-30-51-49(33-39)53-45(18-10-22-52(53)61-51)43-28-29-47(42-16-6-5-15-41(42)43)56-58-55(40-26-24-35-12-2-4-14-37(35)32-40)59-57(60-56)48-20-9-19-46-44-17-7-8-21-50(44)62-54(46)48/h1-33H. The van der Waals surface area contributed by atoms with E-state index in [0.717, 1.165) is 98.8 Å². The van der Waals surface area contributed by atoms with Crippen LogP contribution in [0.4, 0.5) is 0 Å². The number of aromatic nitrogens is 3. The molecule has 0 atom stereocenters. The molecule has 13 aromatic rings. The molecular formula is C57H33N3O2. The number of nitrogens with zero attached hydrogens (tertiary/aromatic N) is 3. The molecule has 0 radical (unpaired) electrons. The molecule has 0 aliphatic heterocycles. The van der Waals surface area contributed by atoms with Gasteiger partial charge in [0.1, 0.15) is 22.3 Å². The molecule has 288 valence electrons. The number of furan rings is 2. The highest BCUT2D eigenvalue weighted by molar-refractivity contribution is 6.17. The zero-order valence-corrected chi connectivity index (χ0v) is 33.2. The minimum atomic E-state index is 0.549. The Morgan fingerprint density at radius 1 is 0.274 bits per heavy atom. The number of hydrogen-bond acceptors (Lipinski definition) is 5. The van der Waals surface area contributed by atoms with Gasteiger partial charge in [0.2, 0.25) is 0 Å². The summed E-state index contributed by atoms with van der Waals surface area (Å²) in [5, 5.41) is 11.1. The maximum absolute atomic E-state index is 6.53. The summed E-state index contributed by atoms with van der Waals surface area (Å²) in [5.74, 6) is 1.72. The lowest BCUT2D eigenvalue weighted by Crippen LogP contribution is -2.01. The van der Waals surface area contributed by atoms with E-state index >= 15 is 0 Å². The van der Waals surface area contributed by atoms with Gasteiger partial charge in [-0.2, -0.15) is 0 Å². The maximum atomic E-state index is 6.53. The lowest BCUT2D eigenvalue weighted by atomic mass is 9.91. The number of fused-ring (bicyclic) bond motifs is 9. The first-order valence-corrected chi connectivity index (χ1v) is 20.8. The molecule has 0 unspecified atom stereocenters. The highest BCUT2D eigenvalue weighted by Crippen LogP contribution is 2.43. The Morgan fingerprint density at radius 2 is 0.806 bits per heavy atom. The van der Waals surface area contributed by atoms with Crippen LogP contribution in [-0.4, -0.2) is 15.0 Å². The van der Waals surface area contributed by atoms with E-state index in [1.165, 1.54) is 16.3 Å². The van der Waals surface area contributed by atoms with Gasteiger partial charge >= 0.3 is 0 Å². The molecule has 0 amide bonds. The van der Waals surface area contributed by atoms with Crippen LogP contribution >= 0.6 is 0 Å².